The molecule has 1 amide bonds. The summed E-state index contributed by atoms with van der Waals surface area (Å²) in [5, 5.41) is 12.3. The zero-order chi connectivity index (χ0) is 21.7. The van der Waals surface area contributed by atoms with Crippen molar-refractivity contribution in [2.24, 2.45) is 0 Å². The molecule has 0 radical (unpaired) electrons. The summed E-state index contributed by atoms with van der Waals surface area (Å²) in [7, 11) is -0.600. The molecule has 9 heteroatoms. The first-order chi connectivity index (χ1) is 14.4. The molecule has 30 heavy (non-hydrogen) atoms. The van der Waals surface area contributed by atoms with Gasteiger partial charge in [0.25, 0.3) is 5.91 Å². The molecule has 7 nitrogen and oxygen atoms in total. The van der Waals surface area contributed by atoms with E-state index in [0.29, 0.717) is 43.7 Å². The minimum atomic E-state index is -0.614. The number of nitrogens with one attached hydrogen (secondary N) is 1. The van der Waals surface area contributed by atoms with E-state index in [9.17, 15) is 19.0 Å². The summed E-state index contributed by atoms with van der Waals surface area (Å²) >= 11 is 0. The molecule has 1 aliphatic carbocycles. The van der Waals surface area contributed by atoms with Crippen LogP contribution in [0.3, 0.4) is 0 Å². The van der Waals surface area contributed by atoms with Gasteiger partial charge in [-0.25, -0.2) is 4.39 Å². The van der Waals surface area contributed by atoms with Gasteiger partial charge in [0.2, 0.25) is 0 Å². The van der Waals surface area contributed by atoms with Crippen molar-refractivity contribution in [2.45, 2.75) is 39.4 Å². The number of hydrogen-bond donors (Lipinski definition) is 2. The van der Waals surface area contributed by atoms with E-state index in [-0.39, 0.29) is 29.4 Å². The van der Waals surface area contributed by atoms with Crippen molar-refractivity contribution in [3.63, 3.8) is 0 Å². The van der Waals surface area contributed by atoms with Crippen LogP contribution in [0.2, 0.25) is 6.82 Å². The van der Waals surface area contributed by atoms with Crippen molar-refractivity contribution in [2.75, 3.05) is 25.0 Å². The van der Waals surface area contributed by atoms with Gasteiger partial charge >= 0.3 is 7.05 Å². The lowest BCUT2D eigenvalue weighted by Crippen LogP contribution is -2.40. The standard InChI is InChI=1S/C21H26BFN2O5/c1-3-9-25(22(2)28)10-11-29-18-8-7-14(12-16(18)23)24-21(27)15-13-30-19-6-4-5-17(26)20(15)19/h7-8,12-13,28H,3-6,9-11H2,1-2H3,(H,24,27). The lowest BCUT2D eigenvalue weighted by atomic mass is 9.85. The predicted octanol–water partition coefficient (Wildman–Crippen LogP) is 3.39. The van der Waals surface area contributed by atoms with Gasteiger partial charge in [-0.3, -0.25) is 9.59 Å². The topological polar surface area (TPSA) is 92.0 Å². The van der Waals surface area contributed by atoms with E-state index in [2.05, 4.69) is 5.32 Å². The smallest absolute Gasteiger partial charge is 0.376 e. The van der Waals surface area contributed by atoms with Crippen LogP contribution in [0, 0.1) is 5.82 Å². The third-order valence-corrected chi connectivity index (χ3v) is 5.06. The molecule has 0 atom stereocenters. The van der Waals surface area contributed by atoms with Crippen molar-refractivity contribution in [1.82, 2.24) is 4.81 Å². The van der Waals surface area contributed by atoms with Gasteiger partial charge in [-0.05, 0) is 38.3 Å². The molecule has 160 valence electrons. The molecule has 0 fully saturated rings. The Labute approximate surface area is 175 Å². The highest BCUT2D eigenvalue weighted by Crippen LogP contribution is 2.27. The number of benzene rings is 1. The van der Waals surface area contributed by atoms with Crippen LogP contribution < -0.4 is 10.1 Å². The normalized spacial score (nSPS) is 13.3. The number of ether oxygens (including phenoxy) is 1. The fraction of sp³-hybridized carbons (Fsp3) is 0.429. The lowest BCUT2D eigenvalue weighted by molar-refractivity contribution is 0.0955. The van der Waals surface area contributed by atoms with Crippen LogP contribution in [0.25, 0.3) is 0 Å². The number of aryl methyl sites for hydroxylation is 1. The summed E-state index contributed by atoms with van der Waals surface area (Å²) < 4.78 is 25.2. The highest BCUT2D eigenvalue weighted by atomic mass is 19.1. The van der Waals surface area contributed by atoms with E-state index in [1.54, 1.807) is 6.82 Å². The molecule has 3 rings (SSSR count). The van der Waals surface area contributed by atoms with E-state index in [1.807, 2.05) is 11.7 Å². The van der Waals surface area contributed by atoms with E-state index in [1.165, 1.54) is 24.5 Å². The first kappa shape index (κ1) is 22.0. The molecule has 0 saturated heterocycles. The van der Waals surface area contributed by atoms with Crippen molar-refractivity contribution in [3.8, 4) is 5.75 Å². The Morgan fingerprint density at radius 2 is 2.17 bits per heavy atom. The Morgan fingerprint density at radius 3 is 2.87 bits per heavy atom. The minimum Gasteiger partial charge on any atom is -0.489 e. The molecule has 1 aromatic heterocycles. The van der Waals surface area contributed by atoms with Gasteiger partial charge in [0, 0.05) is 31.1 Å². The van der Waals surface area contributed by atoms with Crippen LogP contribution >= 0.6 is 0 Å². The van der Waals surface area contributed by atoms with Crippen LogP contribution in [0.5, 0.6) is 5.75 Å². The van der Waals surface area contributed by atoms with Gasteiger partial charge in [0.05, 0.1) is 11.1 Å². The number of nitrogens with zero attached hydrogens (tertiary/aromatic N) is 1. The average Bonchev–Trinajstić information content (AvgIpc) is 3.14. The highest BCUT2D eigenvalue weighted by molar-refractivity contribution is 6.45. The molecule has 0 unspecified atom stereocenters. The second-order valence-electron chi connectivity index (χ2n) is 7.34. The third-order valence-electron chi connectivity index (χ3n) is 5.06. The first-order valence-corrected chi connectivity index (χ1v) is 10.2. The number of halogens is 1. The Balaban J connectivity index is 1.61. The first-order valence-electron chi connectivity index (χ1n) is 10.2. The molecule has 1 aromatic carbocycles. The molecule has 0 saturated carbocycles. The van der Waals surface area contributed by atoms with Gasteiger partial charge in [-0.2, -0.15) is 0 Å². The van der Waals surface area contributed by atoms with E-state index < -0.39 is 18.8 Å². The maximum absolute atomic E-state index is 14.4. The Bertz CT molecular complexity index is 915. The summed E-state index contributed by atoms with van der Waals surface area (Å²) in [5.74, 6) is -0.654. The van der Waals surface area contributed by atoms with Gasteiger partial charge in [0.1, 0.15) is 18.6 Å². The van der Waals surface area contributed by atoms with Crippen molar-refractivity contribution in [1.29, 1.82) is 0 Å². The van der Waals surface area contributed by atoms with Crippen LogP contribution in [0.1, 0.15) is 52.7 Å². The molecule has 2 N–H and O–H groups in total. The number of Topliss-reactive ketones (excluding diaryl/α,β-unsaturated/α-hetero) is 1. The fourth-order valence-electron chi connectivity index (χ4n) is 3.53. The molecule has 2 aromatic rings. The Kier molecular flexibility index (Phi) is 7.28. The number of fused-ring (bicyclic) bond motifs is 1. The monoisotopic (exact) mass is 416 g/mol. The van der Waals surface area contributed by atoms with E-state index >= 15 is 0 Å². The molecular weight excluding hydrogens is 390 g/mol. The molecular formula is C21H26BFN2O5. The van der Waals surface area contributed by atoms with Crippen LogP contribution in [0.15, 0.2) is 28.9 Å². The van der Waals surface area contributed by atoms with Gasteiger partial charge < -0.3 is 24.3 Å². The number of anilines is 1. The van der Waals surface area contributed by atoms with Crippen molar-refractivity contribution in [3.05, 3.63) is 47.2 Å². The van der Waals surface area contributed by atoms with Gasteiger partial charge in [-0.15, -0.1) is 0 Å². The summed E-state index contributed by atoms with van der Waals surface area (Å²) in [6, 6.07) is 4.14. The van der Waals surface area contributed by atoms with E-state index in [0.717, 1.165) is 6.42 Å². The number of hydrogen-bond acceptors (Lipinski definition) is 6. The Hall–Kier alpha value is -2.65. The third kappa shape index (κ3) is 5.09. The fourth-order valence-corrected chi connectivity index (χ4v) is 3.53. The zero-order valence-electron chi connectivity index (χ0n) is 17.2. The number of ketones is 1. The summed E-state index contributed by atoms with van der Waals surface area (Å²) in [6.45, 7) is 5.09. The average molecular weight is 416 g/mol. The van der Waals surface area contributed by atoms with Gasteiger partial charge in [0.15, 0.2) is 17.3 Å². The number of amides is 1. The predicted molar refractivity (Wildman–Crippen MR) is 112 cm³/mol. The van der Waals surface area contributed by atoms with Crippen LogP contribution in [-0.4, -0.2) is 48.3 Å². The van der Waals surface area contributed by atoms with Crippen LogP contribution in [0.4, 0.5) is 10.1 Å². The van der Waals surface area contributed by atoms with E-state index in [4.69, 9.17) is 9.15 Å². The van der Waals surface area contributed by atoms with Gasteiger partial charge in [-0.1, -0.05) is 6.92 Å². The zero-order valence-corrected chi connectivity index (χ0v) is 17.2. The number of furan rings is 1. The maximum atomic E-state index is 14.4. The summed E-state index contributed by atoms with van der Waals surface area (Å²) in [6.07, 6.45) is 3.89. The largest absolute Gasteiger partial charge is 0.489 e. The Morgan fingerprint density at radius 1 is 1.37 bits per heavy atom. The molecule has 1 aliphatic rings. The van der Waals surface area contributed by atoms with Crippen molar-refractivity contribution >= 4 is 24.4 Å². The SMILES string of the molecule is CCCN(CCOc1ccc(NC(=O)c2coc3c2C(=O)CCC3)cc1F)B(C)O. The number of carbonyl (C=O) groups is 2. The summed E-state index contributed by atoms with van der Waals surface area (Å²) in [5.41, 5.74) is 0.748. The number of carbonyl (C=O) groups excluding carboxylic acids is 2. The molecule has 1 heterocycles. The molecule has 0 aliphatic heterocycles. The van der Waals surface area contributed by atoms with Crippen LogP contribution in [-0.2, 0) is 6.42 Å². The second-order valence-corrected chi connectivity index (χ2v) is 7.34. The number of rotatable bonds is 9. The lowest BCUT2D eigenvalue weighted by Gasteiger charge is -2.22. The quantitative estimate of drug-likeness (QED) is 0.609. The van der Waals surface area contributed by atoms with Crippen molar-refractivity contribution < 1.29 is 28.2 Å². The molecule has 0 spiro atoms. The highest BCUT2D eigenvalue weighted by Gasteiger charge is 2.28. The second kappa shape index (κ2) is 9.91. The maximum Gasteiger partial charge on any atom is 0.376 e. The minimum absolute atomic E-state index is 0.0610. The summed E-state index contributed by atoms with van der Waals surface area (Å²) in [4.78, 5) is 26.5. The molecule has 0 bridgehead atoms.